The van der Waals surface area contributed by atoms with Gasteiger partial charge in [-0.1, -0.05) is 37.5 Å². The molecule has 21 heavy (non-hydrogen) atoms. The largest absolute Gasteiger partial charge is 0.367 e. The Hall–Kier alpha value is -0.670. The zero-order valence-electron chi connectivity index (χ0n) is 13.6. The van der Waals surface area contributed by atoms with E-state index in [1.165, 1.54) is 50.1 Å². The van der Waals surface area contributed by atoms with E-state index in [0.717, 1.165) is 19.1 Å². The summed E-state index contributed by atoms with van der Waals surface area (Å²) in [4.78, 5) is 5.13. The maximum Gasteiger partial charge on any atom is 0.0369 e. The molecule has 1 aromatic rings. The van der Waals surface area contributed by atoms with E-state index in [4.69, 9.17) is 0 Å². The Labute approximate surface area is 134 Å². The van der Waals surface area contributed by atoms with Crippen LogP contribution in [0.15, 0.2) is 30.3 Å². The standard InChI is InChI=1S/C18H30N2S/c1-19(15-16-21-2)13-14-20(17-9-5-3-6-10-17)18-11-7-4-8-12-18/h3,5-6,9-10,18H,4,7-8,11-16H2,1-2H3. The topological polar surface area (TPSA) is 6.48 Å². The predicted molar refractivity (Wildman–Crippen MR) is 96.5 cm³/mol. The van der Waals surface area contributed by atoms with Gasteiger partial charge < -0.3 is 9.80 Å². The van der Waals surface area contributed by atoms with Crippen LogP contribution in [-0.4, -0.2) is 49.6 Å². The molecule has 0 spiro atoms. The Morgan fingerprint density at radius 1 is 1.00 bits per heavy atom. The third-order valence-corrected chi connectivity index (χ3v) is 5.09. The summed E-state index contributed by atoms with van der Waals surface area (Å²) < 4.78 is 0. The molecule has 0 amide bonds. The van der Waals surface area contributed by atoms with Crippen molar-refractivity contribution in [3.63, 3.8) is 0 Å². The highest BCUT2D eigenvalue weighted by Gasteiger charge is 2.21. The van der Waals surface area contributed by atoms with Crippen molar-refractivity contribution in [3.8, 4) is 0 Å². The summed E-state index contributed by atoms with van der Waals surface area (Å²) in [5.41, 5.74) is 1.41. The summed E-state index contributed by atoms with van der Waals surface area (Å²) in [6, 6.07) is 11.8. The van der Waals surface area contributed by atoms with Gasteiger partial charge in [-0.3, -0.25) is 0 Å². The van der Waals surface area contributed by atoms with E-state index in [9.17, 15) is 0 Å². The Kier molecular flexibility index (Phi) is 7.45. The molecular formula is C18H30N2S. The smallest absolute Gasteiger partial charge is 0.0369 e. The second-order valence-corrected chi connectivity index (χ2v) is 7.10. The number of rotatable bonds is 8. The lowest BCUT2D eigenvalue weighted by Gasteiger charge is -2.37. The molecule has 0 unspecified atom stereocenters. The normalized spacial score (nSPS) is 16.3. The number of thioether (sulfide) groups is 1. The third kappa shape index (κ3) is 5.55. The molecule has 2 nitrogen and oxygen atoms in total. The molecule has 1 aliphatic carbocycles. The zero-order valence-corrected chi connectivity index (χ0v) is 14.4. The fourth-order valence-corrected chi connectivity index (χ4v) is 3.67. The van der Waals surface area contributed by atoms with E-state index in [1.54, 1.807) is 0 Å². The first-order valence-electron chi connectivity index (χ1n) is 8.30. The average molecular weight is 307 g/mol. The summed E-state index contributed by atoms with van der Waals surface area (Å²) in [5, 5.41) is 0. The van der Waals surface area contributed by atoms with Crippen LogP contribution in [0.5, 0.6) is 0 Å². The Morgan fingerprint density at radius 2 is 1.71 bits per heavy atom. The van der Waals surface area contributed by atoms with E-state index in [1.807, 2.05) is 11.8 Å². The van der Waals surface area contributed by atoms with Crippen LogP contribution >= 0.6 is 11.8 Å². The van der Waals surface area contributed by atoms with Gasteiger partial charge in [0.1, 0.15) is 0 Å². The third-order valence-electron chi connectivity index (χ3n) is 4.50. The van der Waals surface area contributed by atoms with Gasteiger partial charge in [0.25, 0.3) is 0 Å². The number of para-hydroxylation sites is 1. The molecule has 0 N–H and O–H groups in total. The number of benzene rings is 1. The van der Waals surface area contributed by atoms with Crippen molar-refractivity contribution < 1.29 is 0 Å². The summed E-state index contributed by atoms with van der Waals surface area (Å²) in [6.07, 6.45) is 9.14. The molecule has 3 heteroatoms. The van der Waals surface area contributed by atoms with Crippen molar-refractivity contribution in [1.29, 1.82) is 0 Å². The fraction of sp³-hybridized carbons (Fsp3) is 0.667. The highest BCUT2D eigenvalue weighted by atomic mass is 32.2. The van der Waals surface area contributed by atoms with Gasteiger partial charge in [0.05, 0.1) is 0 Å². The van der Waals surface area contributed by atoms with E-state index < -0.39 is 0 Å². The van der Waals surface area contributed by atoms with Crippen molar-refractivity contribution in [2.45, 2.75) is 38.1 Å². The van der Waals surface area contributed by atoms with Gasteiger partial charge in [0.15, 0.2) is 0 Å². The molecule has 0 bridgehead atoms. The number of hydrogen-bond acceptors (Lipinski definition) is 3. The van der Waals surface area contributed by atoms with E-state index >= 15 is 0 Å². The first-order valence-corrected chi connectivity index (χ1v) is 9.70. The minimum absolute atomic E-state index is 0.745. The molecule has 1 saturated carbocycles. The maximum atomic E-state index is 2.66. The van der Waals surface area contributed by atoms with Crippen molar-refractivity contribution in [2.24, 2.45) is 0 Å². The lowest BCUT2D eigenvalue weighted by Crippen LogP contribution is -2.41. The van der Waals surface area contributed by atoms with Gasteiger partial charge in [-0.2, -0.15) is 11.8 Å². The van der Waals surface area contributed by atoms with Crippen LogP contribution in [-0.2, 0) is 0 Å². The lowest BCUT2D eigenvalue weighted by atomic mass is 9.93. The minimum Gasteiger partial charge on any atom is -0.367 e. The van der Waals surface area contributed by atoms with Crippen molar-refractivity contribution >= 4 is 17.4 Å². The van der Waals surface area contributed by atoms with Crippen LogP contribution < -0.4 is 4.90 Å². The molecule has 0 aliphatic heterocycles. The zero-order chi connectivity index (χ0) is 14.9. The monoisotopic (exact) mass is 306 g/mol. The Bertz CT molecular complexity index is 376. The van der Waals surface area contributed by atoms with Gasteiger partial charge in [-0.05, 0) is 38.3 Å². The number of likely N-dealkylation sites (N-methyl/N-ethyl adjacent to an activating group) is 1. The predicted octanol–water partition coefficient (Wildman–Crippen LogP) is 4.12. The molecule has 0 heterocycles. The van der Waals surface area contributed by atoms with Gasteiger partial charge in [0, 0.05) is 37.1 Å². The molecule has 2 rings (SSSR count). The molecule has 0 aromatic heterocycles. The molecule has 118 valence electrons. The highest BCUT2D eigenvalue weighted by Crippen LogP contribution is 2.27. The average Bonchev–Trinajstić information content (AvgIpc) is 2.55. The second kappa shape index (κ2) is 9.37. The molecule has 0 saturated heterocycles. The molecule has 1 fully saturated rings. The fourth-order valence-electron chi connectivity index (χ4n) is 3.17. The Balaban J connectivity index is 1.95. The summed E-state index contributed by atoms with van der Waals surface area (Å²) in [7, 11) is 2.25. The van der Waals surface area contributed by atoms with Crippen LogP contribution in [0.3, 0.4) is 0 Å². The van der Waals surface area contributed by atoms with Gasteiger partial charge in [0.2, 0.25) is 0 Å². The van der Waals surface area contributed by atoms with Crippen LogP contribution in [0.25, 0.3) is 0 Å². The van der Waals surface area contributed by atoms with E-state index in [2.05, 4.69) is 53.4 Å². The summed E-state index contributed by atoms with van der Waals surface area (Å²) in [6.45, 7) is 3.50. The Morgan fingerprint density at radius 3 is 2.38 bits per heavy atom. The van der Waals surface area contributed by atoms with Crippen LogP contribution in [0, 0.1) is 0 Å². The van der Waals surface area contributed by atoms with Gasteiger partial charge in [-0.15, -0.1) is 0 Å². The van der Waals surface area contributed by atoms with E-state index in [0.29, 0.717) is 0 Å². The van der Waals surface area contributed by atoms with Crippen LogP contribution in [0.2, 0.25) is 0 Å². The minimum atomic E-state index is 0.745. The summed E-state index contributed by atoms with van der Waals surface area (Å²) in [5.74, 6) is 1.23. The van der Waals surface area contributed by atoms with Crippen molar-refractivity contribution in [3.05, 3.63) is 30.3 Å². The van der Waals surface area contributed by atoms with Gasteiger partial charge >= 0.3 is 0 Å². The molecular weight excluding hydrogens is 276 g/mol. The lowest BCUT2D eigenvalue weighted by molar-refractivity contribution is 0.342. The van der Waals surface area contributed by atoms with Crippen molar-refractivity contribution in [1.82, 2.24) is 4.90 Å². The molecule has 1 aromatic carbocycles. The molecule has 0 radical (unpaired) electrons. The van der Waals surface area contributed by atoms with Crippen LogP contribution in [0.4, 0.5) is 5.69 Å². The number of hydrogen-bond donors (Lipinski definition) is 0. The highest BCUT2D eigenvalue weighted by molar-refractivity contribution is 7.98. The maximum absolute atomic E-state index is 2.66. The number of nitrogens with zero attached hydrogens (tertiary/aromatic N) is 2. The number of anilines is 1. The first-order chi connectivity index (χ1) is 10.3. The summed E-state index contributed by atoms with van der Waals surface area (Å²) >= 11 is 1.93. The quantitative estimate of drug-likeness (QED) is 0.713. The molecule has 0 atom stereocenters. The van der Waals surface area contributed by atoms with Crippen LogP contribution in [0.1, 0.15) is 32.1 Å². The van der Waals surface area contributed by atoms with Crippen molar-refractivity contribution in [2.75, 3.05) is 43.6 Å². The molecule has 1 aliphatic rings. The van der Waals surface area contributed by atoms with E-state index in [-0.39, 0.29) is 0 Å². The SMILES string of the molecule is CSCCN(C)CCN(c1ccccc1)C1CCCCC1. The first kappa shape index (κ1) is 16.7. The van der Waals surface area contributed by atoms with Gasteiger partial charge in [-0.25, -0.2) is 0 Å². The second-order valence-electron chi connectivity index (χ2n) is 6.12.